The highest BCUT2D eigenvalue weighted by Crippen LogP contribution is 2.26. The van der Waals surface area contributed by atoms with E-state index in [1.807, 2.05) is 0 Å². The van der Waals surface area contributed by atoms with Crippen LogP contribution in [0.3, 0.4) is 0 Å². The zero-order valence-electron chi connectivity index (χ0n) is 13.8. The molecule has 0 atom stereocenters. The molecule has 2 nitrogen and oxygen atoms in total. The normalized spacial score (nSPS) is 12.3. The second-order valence-corrected chi connectivity index (χ2v) is 6.82. The van der Waals surface area contributed by atoms with Gasteiger partial charge in [0.25, 0.3) is 0 Å². The van der Waals surface area contributed by atoms with Crippen molar-refractivity contribution in [1.29, 1.82) is 0 Å². The van der Waals surface area contributed by atoms with Crippen molar-refractivity contribution in [2.24, 2.45) is 0 Å². The lowest BCUT2D eigenvalue weighted by molar-refractivity contribution is 0.424. The van der Waals surface area contributed by atoms with Crippen LogP contribution in [0.4, 0.5) is 0 Å². The molecule has 0 bridgehead atoms. The predicted octanol–water partition coefficient (Wildman–Crippen LogP) is 4.56. The Morgan fingerprint density at radius 2 is 1.85 bits per heavy atom. The van der Waals surface area contributed by atoms with Crippen LogP contribution in [0.2, 0.25) is 0 Å². The van der Waals surface area contributed by atoms with Gasteiger partial charge >= 0.3 is 0 Å². The van der Waals surface area contributed by atoms with Gasteiger partial charge < -0.3 is 9.88 Å². The van der Waals surface area contributed by atoms with Crippen LogP contribution in [-0.4, -0.2) is 10.1 Å². The fourth-order valence-electron chi connectivity index (χ4n) is 2.69. The molecule has 110 valence electrons. The molecular weight excluding hydrogens is 244 g/mol. The maximum atomic E-state index is 3.56. The van der Waals surface area contributed by atoms with Gasteiger partial charge in [0, 0.05) is 35.2 Å². The molecule has 0 fully saturated rings. The minimum atomic E-state index is 0.161. The molecule has 2 heteroatoms. The third-order valence-corrected chi connectivity index (χ3v) is 3.97. The van der Waals surface area contributed by atoms with E-state index in [0.29, 0.717) is 0 Å². The Bertz CT molecular complexity index is 600. The quantitative estimate of drug-likeness (QED) is 0.863. The summed E-state index contributed by atoms with van der Waals surface area (Å²) in [6.45, 7) is 15.4. The van der Waals surface area contributed by atoms with E-state index in [2.05, 4.69) is 69.6 Å². The molecule has 0 unspecified atom stereocenters. The number of nitrogens with zero attached hydrogens (tertiary/aromatic N) is 1. The number of hydrogen-bond acceptors (Lipinski definition) is 1. The summed E-state index contributed by atoms with van der Waals surface area (Å²) in [6.07, 6.45) is 1.18. The third-order valence-electron chi connectivity index (χ3n) is 3.97. The van der Waals surface area contributed by atoms with Gasteiger partial charge in [-0.2, -0.15) is 0 Å². The SMILES string of the molecule is CCCn1c(C)c(C)c2cc(CNC(C)(C)C)ccc21. The molecule has 0 aliphatic heterocycles. The van der Waals surface area contributed by atoms with Gasteiger partial charge in [0.1, 0.15) is 0 Å². The van der Waals surface area contributed by atoms with Crippen molar-refractivity contribution in [2.45, 2.75) is 66.6 Å². The minimum absolute atomic E-state index is 0.161. The Hall–Kier alpha value is -1.28. The van der Waals surface area contributed by atoms with E-state index < -0.39 is 0 Å². The first kappa shape index (κ1) is 15.1. The van der Waals surface area contributed by atoms with Crippen molar-refractivity contribution in [3.05, 3.63) is 35.0 Å². The first-order valence-corrected chi connectivity index (χ1v) is 7.67. The zero-order chi connectivity index (χ0) is 14.9. The van der Waals surface area contributed by atoms with E-state index >= 15 is 0 Å². The Kier molecular flexibility index (Phi) is 4.24. The first-order chi connectivity index (χ1) is 9.33. The van der Waals surface area contributed by atoms with Crippen molar-refractivity contribution in [1.82, 2.24) is 9.88 Å². The van der Waals surface area contributed by atoms with Crippen LogP contribution in [0.5, 0.6) is 0 Å². The van der Waals surface area contributed by atoms with Crippen molar-refractivity contribution in [3.63, 3.8) is 0 Å². The van der Waals surface area contributed by atoms with Gasteiger partial charge in [0.15, 0.2) is 0 Å². The molecule has 1 aromatic heterocycles. The maximum absolute atomic E-state index is 3.56. The predicted molar refractivity (Wildman–Crippen MR) is 88.3 cm³/mol. The number of aryl methyl sites for hydroxylation is 2. The van der Waals surface area contributed by atoms with Crippen LogP contribution < -0.4 is 5.32 Å². The van der Waals surface area contributed by atoms with Crippen LogP contribution in [0.1, 0.15) is 50.9 Å². The standard InChI is InChI=1S/C18H28N2/c1-7-10-20-14(3)13(2)16-11-15(8-9-17(16)20)12-19-18(4,5)6/h8-9,11,19H,7,10,12H2,1-6H3. The van der Waals surface area contributed by atoms with E-state index in [1.165, 1.54) is 34.1 Å². The Morgan fingerprint density at radius 1 is 1.15 bits per heavy atom. The van der Waals surface area contributed by atoms with Gasteiger partial charge in [-0.3, -0.25) is 0 Å². The topological polar surface area (TPSA) is 17.0 Å². The number of hydrogen-bond donors (Lipinski definition) is 1. The van der Waals surface area contributed by atoms with Gasteiger partial charge in [0.2, 0.25) is 0 Å². The highest BCUT2D eigenvalue weighted by Gasteiger charge is 2.12. The van der Waals surface area contributed by atoms with Gasteiger partial charge in [-0.25, -0.2) is 0 Å². The molecule has 2 rings (SSSR count). The molecule has 0 saturated heterocycles. The van der Waals surface area contributed by atoms with Gasteiger partial charge in [-0.1, -0.05) is 13.0 Å². The lowest BCUT2D eigenvalue weighted by atomic mass is 10.1. The lowest BCUT2D eigenvalue weighted by Crippen LogP contribution is -2.35. The number of nitrogens with one attached hydrogen (secondary N) is 1. The summed E-state index contributed by atoms with van der Waals surface area (Å²) in [6, 6.07) is 6.89. The average molecular weight is 272 g/mol. The highest BCUT2D eigenvalue weighted by molar-refractivity contribution is 5.86. The number of rotatable bonds is 4. The molecular formula is C18H28N2. The molecule has 0 aliphatic carbocycles. The summed E-state index contributed by atoms with van der Waals surface area (Å²) in [4.78, 5) is 0. The van der Waals surface area contributed by atoms with Crippen molar-refractivity contribution in [3.8, 4) is 0 Å². The van der Waals surface area contributed by atoms with E-state index in [0.717, 1.165) is 13.1 Å². The monoisotopic (exact) mass is 272 g/mol. The molecule has 20 heavy (non-hydrogen) atoms. The Balaban J connectivity index is 2.37. The van der Waals surface area contributed by atoms with Crippen LogP contribution in [0.25, 0.3) is 10.9 Å². The number of aromatic nitrogens is 1. The van der Waals surface area contributed by atoms with Crippen LogP contribution in [-0.2, 0) is 13.1 Å². The van der Waals surface area contributed by atoms with E-state index in [9.17, 15) is 0 Å². The molecule has 0 radical (unpaired) electrons. The molecule has 0 aliphatic rings. The van der Waals surface area contributed by atoms with Crippen molar-refractivity contribution < 1.29 is 0 Å². The minimum Gasteiger partial charge on any atom is -0.345 e. The van der Waals surface area contributed by atoms with E-state index in [4.69, 9.17) is 0 Å². The van der Waals surface area contributed by atoms with E-state index in [-0.39, 0.29) is 5.54 Å². The fourth-order valence-corrected chi connectivity index (χ4v) is 2.69. The lowest BCUT2D eigenvalue weighted by Gasteiger charge is -2.20. The summed E-state index contributed by atoms with van der Waals surface area (Å²) < 4.78 is 2.45. The Morgan fingerprint density at radius 3 is 2.45 bits per heavy atom. The first-order valence-electron chi connectivity index (χ1n) is 7.67. The zero-order valence-corrected chi connectivity index (χ0v) is 13.8. The third kappa shape index (κ3) is 3.06. The second-order valence-electron chi connectivity index (χ2n) is 6.82. The number of fused-ring (bicyclic) bond motifs is 1. The molecule has 1 aromatic carbocycles. The molecule has 0 saturated carbocycles. The maximum Gasteiger partial charge on any atom is 0.0485 e. The van der Waals surface area contributed by atoms with E-state index in [1.54, 1.807) is 0 Å². The van der Waals surface area contributed by atoms with Gasteiger partial charge in [-0.05, 0) is 64.3 Å². The smallest absolute Gasteiger partial charge is 0.0485 e. The van der Waals surface area contributed by atoms with Gasteiger partial charge in [-0.15, -0.1) is 0 Å². The molecule has 1 N–H and O–H groups in total. The molecule has 0 spiro atoms. The summed E-state index contributed by atoms with van der Waals surface area (Å²) in [7, 11) is 0. The fraction of sp³-hybridized carbons (Fsp3) is 0.556. The molecule has 2 aromatic rings. The summed E-state index contributed by atoms with van der Waals surface area (Å²) in [5.41, 5.74) is 5.73. The Labute approximate surface area is 123 Å². The summed E-state index contributed by atoms with van der Waals surface area (Å²) >= 11 is 0. The van der Waals surface area contributed by atoms with Crippen molar-refractivity contribution in [2.75, 3.05) is 0 Å². The largest absolute Gasteiger partial charge is 0.345 e. The van der Waals surface area contributed by atoms with Gasteiger partial charge in [0.05, 0.1) is 0 Å². The highest BCUT2D eigenvalue weighted by atomic mass is 15.0. The molecule has 0 amide bonds. The van der Waals surface area contributed by atoms with Crippen LogP contribution in [0, 0.1) is 13.8 Å². The summed E-state index contributed by atoms with van der Waals surface area (Å²) in [5, 5.41) is 4.97. The second kappa shape index (κ2) is 5.61. The molecule has 1 heterocycles. The summed E-state index contributed by atoms with van der Waals surface area (Å²) in [5.74, 6) is 0. The van der Waals surface area contributed by atoms with Crippen LogP contribution >= 0.6 is 0 Å². The average Bonchev–Trinajstić information content (AvgIpc) is 2.61. The number of benzene rings is 1. The van der Waals surface area contributed by atoms with Crippen LogP contribution in [0.15, 0.2) is 18.2 Å². The van der Waals surface area contributed by atoms with Crippen molar-refractivity contribution >= 4 is 10.9 Å².